The summed E-state index contributed by atoms with van der Waals surface area (Å²) in [5, 5.41) is 1.64. The van der Waals surface area contributed by atoms with Gasteiger partial charge in [-0.2, -0.15) is 8.42 Å². The van der Waals surface area contributed by atoms with E-state index in [4.69, 9.17) is 4.74 Å². The number of aryl methyl sites for hydroxylation is 3. The third-order valence-corrected chi connectivity index (χ3v) is 8.32. The van der Waals surface area contributed by atoms with Gasteiger partial charge in [-0.1, -0.05) is 0 Å². The third kappa shape index (κ3) is 5.03. The van der Waals surface area contributed by atoms with Gasteiger partial charge in [0.25, 0.3) is 10.0 Å². The monoisotopic (exact) mass is 490 g/mol. The average Bonchev–Trinajstić information content (AvgIpc) is 3.44. The number of nitrogens with zero attached hydrogens (tertiary/aromatic N) is 4. The van der Waals surface area contributed by atoms with Crippen LogP contribution in [0, 0.1) is 6.92 Å². The number of rotatable bonds is 9. The second kappa shape index (κ2) is 9.52. The van der Waals surface area contributed by atoms with E-state index in [0.717, 1.165) is 46.0 Å². The van der Waals surface area contributed by atoms with Gasteiger partial charge in [-0.25, -0.2) is 14.4 Å². The van der Waals surface area contributed by atoms with E-state index in [1.54, 1.807) is 18.4 Å². The van der Waals surface area contributed by atoms with E-state index in [0.29, 0.717) is 23.4 Å². The van der Waals surface area contributed by atoms with Crippen molar-refractivity contribution in [3.05, 3.63) is 58.1 Å². The van der Waals surface area contributed by atoms with Crippen LogP contribution in [0.25, 0.3) is 0 Å². The average molecular weight is 491 g/mol. The van der Waals surface area contributed by atoms with E-state index in [2.05, 4.69) is 15.0 Å². The second-order valence-corrected chi connectivity index (χ2v) is 10.7. The lowest BCUT2D eigenvalue weighted by molar-refractivity contribution is 0.111. The maximum atomic E-state index is 14.2. The standard InChI is InChI=1S/C22H23FN4O4S2/c1-14(23)10-27(33(29,30)22-26-15(2)13-32-22)20-6-16-4-3-5-17(16)7-21(20)31-12-19-9-24-18(11-28)8-25-19/h6-9,11,13-14H,3-5,10,12H2,1-2H3. The van der Waals surface area contributed by atoms with Crippen molar-refractivity contribution in [2.75, 3.05) is 10.8 Å². The van der Waals surface area contributed by atoms with Gasteiger partial charge < -0.3 is 4.74 Å². The summed E-state index contributed by atoms with van der Waals surface area (Å²) in [6.45, 7) is 2.66. The molecule has 0 aliphatic heterocycles. The lowest BCUT2D eigenvalue weighted by Crippen LogP contribution is -2.36. The number of benzene rings is 1. The van der Waals surface area contributed by atoms with Gasteiger partial charge in [0.15, 0.2) is 6.29 Å². The van der Waals surface area contributed by atoms with Crippen molar-refractivity contribution in [2.45, 2.75) is 50.2 Å². The summed E-state index contributed by atoms with van der Waals surface area (Å²) in [6, 6.07) is 3.60. The zero-order valence-electron chi connectivity index (χ0n) is 18.2. The summed E-state index contributed by atoms with van der Waals surface area (Å²) in [5.74, 6) is 0.314. The summed E-state index contributed by atoms with van der Waals surface area (Å²) >= 11 is 1.00. The van der Waals surface area contributed by atoms with Crippen LogP contribution in [-0.4, -0.2) is 42.4 Å². The molecule has 0 amide bonds. The van der Waals surface area contributed by atoms with Crippen molar-refractivity contribution in [3.63, 3.8) is 0 Å². The van der Waals surface area contributed by atoms with Crippen LogP contribution >= 0.6 is 11.3 Å². The Balaban J connectivity index is 1.74. The molecule has 174 valence electrons. The molecular formula is C22H23FN4O4S2. The molecule has 4 rings (SSSR count). The van der Waals surface area contributed by atoms with Crippen LogP contribution in [0.1, 0.15) is 46.3 Å². The maximum Gasteiger partial charge on any atom is 0.291 e. The number of anilines is 1. The topological polar surface area (TPSA) is 102 Å². The fourth-order valence-corrected chi connectivity index (χ4v) is 6.32. The number of ether oxygens (including phenoxy) is 1. The van der Waals surface area contributed by atoms with E-state index in [-0.39, 0.29) is 28.9 Å². The molecule has 0 fully saturated rings. The van der Waals surface area contributed by atoms with Gasteiger partial charge in [0.05, 0.1) is 30.3 Å². The Morgan fingerprint density at radius 1 is 1.24 bits per heavy atom. The number of alkyl halides is 1. The second-order valence-electron chi connectivity index (χ2n) is 7.85. The van der Waals surface area contributed by atoms with Crippen LogP contribution in [0.2, 0.25) is 0 Å². The van der Waals surface area contributed by atoms with Crippen LogP contribution in [0.3, 0.4) is 0 Å². The van der Waals surface area contributed by atoms with Crippen LogP contribution in [0.15, 0.2) is 34.2 Å². The molecule has 1 aliphatic carbocycles. The highest BCUT2D eigenvalue weighted by atomic mass is 32.2. The van der Waals surface area contributed by atoms with Gasteiger partial charge in [0.2, 0.25) is 4.34 Å². The summed E-state index contributed by atoms with van der Waals surface area (Å²) in [6.07, 6.45) is 4.57. The smallest absolute Gasteiger partial charge is 0.291 e. The Hall–Kier alpha value is -2.92. The fourth-order valence-electron chi connectivity index (χ4n) is 3.65. The van der Waals surface area contributed by atoms with E-state index < -0.39 is 16.2 Å². The Morgan fingerprint density at radius 2 is 2.00 bits per heavy atom. The lowest BCUT2D eigenvalue weighted by Gasteiger charge is -2.26. The number of fused-ring (bicyclic) bond motifs is 1. The van der Waals surface area contributed by atoms with E-state index >= 15 is 0 Å². The minimum absolute atomic E-state index is 0.00729. The van der Waals surface area contributed by atoms with Crippen molar-refractivity contribution >= 4 is 33.3 Å². The number of carbonyl (C=O) groups is 1. The third-order valence-electron chi connectivity index (χ3n) is 5.19. The minimum atomic E-state index is -4.11. The summed E-state index contributed by atoms with van der Waals surface area (Å²) in [4.78, 5) is 23.0. The SMILES string of the molecule is Cc1csc(S(=O)(=O)N(CC(C)F)c2cc3c(cc2OCc2cnc(C=O)cn2)CCC3)n1. The molecule has 0 spiro atoms. The van der Waals surface area contributed by atoms with Gasteiger partial charge in [-0.15, -0.1) is 11.3 Å². The zero-order chi connectivity index (χ0) is 23.6. The molecule has 1 unspecified atom stereocenters. The van der Waals surface area contributed by atoms with Crippen molar-refractivity contribution in [1.29, 1.82) is 0 Å². The molecule has 1 aliphatic rings. The number of hydrogen-bond acceptors (Lipinski definition) is 8. The molecule has 8 nitrogen and oxygen atoms in total. The molecular weight excluding hydrogens is 467 g/mol. The first kappa shape index (κ1) is 23.2. The normalized spacial score (nSPS) is 14.0. The molecule has 1 atom stereocenters. The molecule has 2 aromatic heterocycles. The maximum absolute atomic E-state index is 14.2. The van der Waals surface area contributed by atoms with Crippen LogP contribution in [-0.2, 0) is 29.5 Å². The molecule has 0 radical (unpaired) electrons. The van der Waals surface area contributed by atoms with Gasteiger partial charge in [0, 0.05) is 11.1 Å². The first-order chi connectivity index (χ1) is 15.8. The Labute approximate surface area is 195 Å². The largest absolute Gasteiger partial charge is 0.485 e. The number of aromatic nitrogens is 3. The molecule has 1 aromatic carbocycles. The first-order valence-corrected chi connectivity index (χ1v) is 12.7. The molecule has 3 aromatic rings. The number of hydrogen-bond donors (Lipinski definition) is 0. The summed E-state index contributed by atoms with van der Waals surface area (Å²) in [7, 11) is -4.11. The molecule has 0 saturated carbocycles. The Kier molecular flexibility index (Phi) is 6.71. The lowest BCUT2D eigenvalue weighted by atomic mass is 10.1. The predicted molar refractivity (Wildman–Crippen MR) is 122 cm³/mol. The van der Waals surface area contributed by atoms with Crippen LogP contribution < -0.4 is 9.04 Å². The number of aldehydes is 1. The van der Waals surface area contributed by atoms with Gasteiger partial charge in [-0.3, -0.25) is 14.1 Å². The number of halogens is 1. The molecule has 11 heteroatoms. The predicted octanol–water partition coefficient (Wildman–Crippen LogP) is 3.68. The molecule has 0 N–H and O–H groups in total. The molecule has 2 heterocycles. The Bertz CT molecular complexity index is 1260. The molecule has 0 saturated heterocycles. The minimum Gasteiger partial charge on any atom is -0.485 e. The summed E-state index contributed by atoms with van der Waals surface area (Å²) < 4.78 is 48.1. The number of carbonyl (C=O) groups excluding carboxylic acids is 1. The van der Waals surface area contributed by atoms with Gasteiger partial charge >= 0.3 is 0 Å². The number of thiazole rings is 1. The van der Waals surface area contributed by atoms with Gasteiger partial charge in [-0.05, 0) is 56.4 Å². The van der Waals surface area contributed by atoms with Crippen molar-refractivity contribution in [2.24, 2.45) is 0 Å². The van der Waals surface area contributed by atoms with Crippen molar-refractivity contribution in [1.82, 2.24) is 15.0 Å². The van der Waals surface area contributed by atoms with E-state index in [1.165, 1.54) is 19.3 Å². The first-order valence-electron chi connectivity index (χ1n) is 10.4. The van der Waals surface area contributed by atoms with Crippen LogP contribution in [0.5, 0.6) is 5.75 Å². The molecule has 0 bridgehead atoms. The van der Waals surface area contributed by atoms with Crippen LogP contribution in [0.4, 0.5) is 10.1 Å². The van der Waals surface area contributed by atoms with Crippen molar-refractivity contribution < 1.29 is 22.3 Å². The van der Waals surface area contributed by atoms with Crippen molar-refractivity contribution in [3.8, 4) is 5.75 Å². The highest BCUT2D eigenvalue weighted by Gasteiger charge is 2.32. The number of sulfonamides is 1. The highest BCUT2D eigenvalue weighted by molar-refractivity contribution is 7.94. The van der Waals surface area contributed by atoms with E-state index in [9.17, 15) is 17.6 Å². The van der Waals surface area contributed by atoms with E-state index in [1.807, 2.05) is 6.07 Å². The quantitative estimate of drug-likeness (QED) is 0.422. The fraction of sp³-hybridized carbons (Fsp3) is 0.364. The van der Waals surface area contributed by atoms with Gasteiger partial charge in [0.1, 0.15) is 24.2 Å². The Morgan fingerprint density at radius 3 is 2.61 bits per heavy atom. The highest BCUT2D eigenvalue weighted by Crippen LogP contribution is 2.39. The molecule has 33 heavy (non-hydrogen) atoms. The zero-order valence-corrected chi connectivity index (χ0v) is 19.8. The summed E-state index contributed by atoms with van der Waals surface area (Å²) in [5.41, 5.74) is 3.61.